The lowest BCUT2D eigenvalue weighted by Crippen LogP contribution is -2.35. The van der Waals surface area contributed by atoms with Crippen LogP contribution in [-0.4, -0.2) is 34.8 Å². The van der Waals surface area contributed by atoms with Gasteiger partial charge in [-0.1, -0.05) is 12.2 Å². The second-order valence-corrected chi connectivity index (χ2v) is 8.21. The monoisotopic (exact) mass is 383 g/mol. The third-order valence-electron chi connectivity index (χ3n) is 6.40. The summed E-state index contributed by atoms with van der Waals surface area (Å²) in [5.41, 5.74) is 6.34. The average Bonchev–Trinajstić information content (AvgIpc) is 3.40. The maximum Gasteiger partial charge on any atom is 0.341 e. The van der Waals surface area contributed by atoms with E-state index < -0.39 is 17.2 Å². The highest BCUT2D eigenvalue weighted by Gasteiger charge is 2.38. The maximum atomic E-state index is 15.0. The molecule has 0 spiro atoms. The van der Waals surface area contributed by atoms with E-state index in [1.54, 1.807) is 6.07 Å². The maximum absolute atomic E-state index is 15.0. The van der Waals surface area contributed by atoms with Gasteiger partial charge < -0.3 is 20.3 Å². The first kappa shape index (κ1) is 17.4. The molecular weight excluding hydrogens is 361 g/mol. The molecule has 146 valence electrons. The quantitative estimate of drug-likeness (QED) is 0.795. The molecule has 1 saturated heterocycles. The fraction of sp³-hybridized carbons (Fsp3) is 0.429. The van der Waals surface area contributed by atoms with E-state index in [1.807, 2.05) is 15.5 Å². The van der Waals surface area contributed by atoms with E-state index >= 15 is 4.39 Å². The highest BCUT2D eigenvalue weighted by molar-refractivity contribution is 5.93. The first-order valence-corrected chi connectivity index (χ1v) is 9.73. The van der Waals surface area contributed by atoms with Gasteiger partial charge in [0, 0.05) is 36.8 Å². The van der Waals surface area contributed by atoms with E-state index in [0.717, 1.165) is 25.8 Å². The van der Waals surface area contributed by atoms with Crippen molar-refractivity contribution in [2.24, 2.45) is 17.6 Å². The minimum atomic E-state index is -1.28. The molecular formula is C21H22FN3O3. The Hall–Kier alpha value is -2.67. The molecule has 28 heavy (non-hydrogen) atoms. The molecule has 6 nitrogen and oxygen atoms in total. The van der Waals surface area contributed by atoms with Gasteiger partial charge in [0.2, 0.25) is 5.43 Å². The van der Waals surface area contributed by atoms with E-state index in [9.17, 15) is 14.7 Å². The Bertz CT molecular complexity index is 1070. The molecule has 3 atom stereocenters. The number of aromatic carboxylic acids is 1. The van der Waals surface area contributed by atoms with Gasteiger partial charge >= 0.3 is 5.97 Å². The Morgan fingerprint density at radius 1 is 1.25 bits per heavy atom. The molecule has 1 aliphatic heterocycles. The highest BCUT2D eigenvalue weighted by Crippen LogP contribution is 2.40. The van der Waals surface area contributed by atoms with Gasteiger partial charge in [0.1, 0.15) is 11.4 Å². The number of hydrogen-bond donors (Lipinski definition) is 2. The summed E-state index contributed by atoms with van der Waals surface area (Å²) < 4.78 is 16.9. The molecule has 5 rings (SSSR count). The summed E-state index contributed by atoms with van der Waals surface area (Å²) in [6, 6.07) is 3.07. The van der Waals surface area contributed by atoms with Crippen LogP contribution in [0, 0.1) is 17.7 Å². The number of allylic oxidation sites excluding steroid dienone is 1. The zero-order valence-electron chi connectivity index (χ0n) is 15.3. The second-order valence-electron chi connectivity index (χ2n) is 8.21. The third-order valence-corrected chi connectivity index (χ3v) is 6.40. The molecule has 1 aromatic carbocycles. The topological polar surface area (TPSA) is 88.6 Å². The van der Waals surface area contributed by atoms with Gasteiger partial charge in [-0.15, -0.1) is 0 Å². The summed E-state index contributed by atoms with van der Waals surface area (Å²) >= 11 is 0. The molecule has 2 aliphatic carbocycles. The van der Waals surface area contributed by atoms with Crippen molar-refractivity contribution in [1.82, 2.24) is 4.57 Å². The van der Waals surface area contributed by atoms with Gasteiger partial charge in [0.05, 0.1) is 11.2 Å². The number of fused-ring (bicyclic) bond motifs is 2. The summed E-state index contributed by atoms with van der Waals surface area (Å²) in [5.74, 6) is -1.08. The molecule has 0 radical (unpaired) electrons. The van der Waals surface area contributed by atoms with Crippen molar-refractivity contribution >= 4 is 22.6 Å². The van der Waals surface area contributed by atoms with Crippen LogP contribution in [0.4, 0.5) is 10.1 Å². The zero-order valence-corrected chi connectivity index (χ0v) is 15.3. The summed E-state index contributed by atoms with van der Waals surface area (Å²) in [6.07, 6.45) is 8.34. The molecule has 2 aromatic rings. The summed E-state index contributed by atoms with van der Waals surface area (Å²) in [7, 11) is 0. The Labute approximate surface area is 161 Å². The number of halogens is 1. The number of anilines is 1. The average molecular weight is 383 g/mol. The highest BCUT2D eigenvalue weighted by atomic mass is 19.1. The van der Waals surface area contributed by atoms with Crippen LogP contribution in [-0.2, 0) is 0 Å². The van der Waals surface area contributed by atoms with Crippen molar-refractivity contribution in [1.29, 1.82) is 0 Å². The van der Waals surface area contributed by atoms with Crippen LogP contribution in [0.1, 0.15) is 35.7 Å². The van der Waals surface area contributed by atoms with E-state index in [-0.39, 0.29) is 23.0 Å². The second kappa shape index (κ2) is 6.17. The van der Waals surface area contributed by atoms with Gasteiger partial charge in [-0.3, -0.25) is 4.79 Å². The van der Waals surface area contributed by atoms with E-state index in [1.165, 1.54) is 12.3 Å². The van der Waals surface area contributed by atoms with Gasteiger partial charge in [-0.05, 0) is 43.2 Å². The normalized spacial score (nSPS) is 26.6. The van der Waals surface area contributed by atoms with E-state index in [0.29, 0.717) is 29.6 Å². The number of nitrogens with zero attached hydrogens (tertiary/aromatic N) is 2. The van der Waals surface area contributed by atoms with Crippen LogP contribution in [0.25, 0.3) is 10.9 Å². The van der Waals surface area contributed by atoms with Crippen molar-refractivity contribution < 1.29 is 14.3 Å². The zero-order chi connectivity index (χ0) is 19.6. The Morgan fingerprint density at radius 3 is 2.71 bits per heavy atom. The minimum absolute atomic E-state index is 0.0185. The number of carbonyl (C=O) groups is 1. The number of aromatic nitrogens is 1. The number of hydrogen-bond acceptors (Lipinski definition) is 4. The first-order valence-electron chi connectivity index (χ1n) is 9.73. The van der Waals surface area contributed by atoms with Crippen molar-refractivity contribution in [3.05, 3.63) is 52.1 Å². The number of nitrogens with two attached hydrogens (primary N) is 1. The van der Waals surface area contributed by atoms with Crippen molar-refractivity contribution in [3.63, 3.8) is 0 Å². The number of pyridine rings is 1. The van der Waals surface area contributed by atoms with Crippen LogP contribution in [0.3, 0.4) is 0 Å². The first-order chi connectivity index (χ1) is 13.4. The van der Waals surface area contributed by atoms with Crippen LogP contribution in [0.2, 0.25) is 0 Å². The molecule has 0 amide bonds. The number of rotatable bonds is 3. The number of carboxylic acid groups (broad SMARTS) is 1. The lowest BCUT2D eigenvalue weighted by atomic mass is 9.83. The molecule has 2 heterocycles. The minimum Gasteiger partial charge on any atom is -0.477 e. The van der Waals surface area contributed by atoms with Crippen LogP contribution in [0.15, 0.2) is 35.3 Å². The van der Waals surface area contributed by atoms with Crippen LogP contribution < -0.4 is 16.1 Å². The lowest BCUT2D eigenvalue weighted by Gasteiger charge is -2.25. The van der Waals surface area contributed by atoms with Crippen molar-refractivity contribution in [2.75, 3.05) is 18.0 Å². The smallest absolute Gasteiger partial charge is 0.341 e. The fourth-order valence-electron chi connectivity index (χ4n) is 4.74. The van der Waals surface area contributed by atoms with Crippen LogP contribution in [0.5, 0.6) is 0 Å². The van der Waals surface area contributed by atoms with Gasteiger partial charge in [0.25, 0.3) is 0 Å². The Balaban J connectivity index is 1.63. The summed E-state index contributed by atoms with van der Waals surface area (Å²) in [5, 5.41) is 9.49. The lowest BCUT2D eigenvalue weighted by molar-refractivity contribution is 0.0695. The van der Waals surface area contributed by atoms with E-state index in [4.69, 9.17) is 5.73 Å². The molecule has 0 bridgehead atoms. The molecule has 1 saturated carbocycles. The molecule has 7 heteroatoms. The predicted molar refractivity (Wildman–Crippen MR) is 104 cm³/mol. The SMILES string of the molecule is NC1C=CCC2CN(c3cc4c(cc3F)c(=O)c(C(=O)O)cn4C3CC3)CC12. The summed E-state index contributed by atoms with van der Waals surface area (Å²) in [4.78, 5) is 26.1. The van der Waals surface area contributed by atoms with Crippen molar-refractivity contribution in [2.45, 2.75) is 31.3 Å². The molecule has 2 fully saturated rings. The summed E-state index contributed by atoms with van der Waals surface area (Å²) in [6.45, 7) is 1.41. The largest absolute Gasteiger partial charge is 0.477 e. The fourth-order valence-corrected chi connectivity index (χ4v) is 4.74. The van der Waals surface area contributed by atoms with Crippen molar-refractivity contribution in [3.8, 4) is 0 Å². The Kier molecular flexibility index (Phi) is 3.84. The van der Waals surface area contributed by atoms with Gasteiger partial charge in [0.15, 0.2) is 0 Å². The standard InChI is InChI=1S/C21H22FN3O3/c22-16-6-13-18(25(12-4-5-12)10-15(20(13)26)21(27)28)7-19(16)24-8-11-2-1-3-17(23)14(11)9-24/h1,3,6-7,10-12,14,17H,2,4-5,8-9,23H2,(H,27,28). The van der Waals surface area contributed by atoms with Crippen LogP contribution >= 0.6 is 0 Å². The molecule has 3 N–H and O–H groups in total. The van der Waals surface area contributed by atoms with E-state index in [2.05, 4.69) is 6.08 Å². The number of benzene rings is 1. The predicted octanol–water partition coefficient (Wildman–Crippen LogP) is 2.51. The van der Waals surface area contributed by atoms with Gasteiger partial charge in [-0.25, -0.2) is 9.18 Å². The molecule has 3 aliphatic rings. The molecule has 3 unspecified atom stereocenters. The molecule has 1 aromatic heterocycles. The van der Waals surface area contributed by atoms with Gasteiger partial charge in [-0.2, -0.15) is 0 Å². The third kappa shape index (κ3) is 2.64. The number of carboxylic acids is 1. The Morgan fingerprint density at radius 2 is 2.04 bits per heavy atom.